The Labute approximate surface area is 111 Å². The van der Waals surface area contributed by atoms with Gasteiger partial charge in [0.25, 0.3) is 0 Å². The Morgan fingerprint density at radius 3 is 2.47 bits per heavy atom. The van der Waals surface area contributed by atoms with Crippen LogP contribution in [-0.4, -0.2) is 38.1 Å². The van der Waals surface area contributed by atoms with Gasteiger partial charge in [0, 0.05) is 6.04 Å². The highest BCUT2D eigenvalue weighted by molar-refractivity contribution is 7.89. The molecule has 1 amide bonds. The Kier molecular flexibility index (Phi) is 4.18. The summed E-state index contributed by atoms with van der Waals surface area (Å²) >= 11 is 0. The van der Waals surface area contributed by atoms with Crippen molar-refractivity contribution in [2.45, 2.75) is 29.9 Å². The number of carbonyl (C=O) groups is 1. The Hall–Kier alpha value is -1.44. The molecular formula is C12H16N2O4S. The van der Waals surface area contributed by atoms with Crippen molar-refractivity contribution >= 4 is 15.9 Å². The second-order valence-corrected chi connectivity index (χ2v) is 6.29. The average molecular weight is 284 g/mol. The van der Waals surface area contributed by atoms with Crippen LogP contribution in [0.2, 0.25) is 0 Å². The van der Waals surface area contributed by atoms with Crippen LogP contribution in [0, 0.1) is 0 Å². The normalized spacial score (nSPS) is 22.6. The quantitative estimate of drug-likeness (QED) is 0.686. The van der Waals surface area contributed by atoms with E-state index in [1.54, 1.807) is 18.2 Å². The molecule has 0 heterocycles. The number of sulfonamides is 1. The summed E-state index contributed by atoms with van der Waals surface area (Å²) in [6.45, 7) is -0.302. The lowest BCUT2D eigenvalue weighted by Gasteiger charge is -2.31. The first-order valence-corrected chi connectivity index (χ1v) is 7.48. The van der Waals surface area contributed by atoms with E-state index in [1.807, 2.05) is 0 Å². The summed E-state index contributed by atoms with van der Waals surface area (Å²) in [5, 5.41) is 11.7. The largest absolute Gasteiger partial charge is 0.393 e. The first-order chi connectivity index (χ1) is 8.97. The van der Waals surface area contributed by atoms with Gasteiger partial charge in [0.05, 0.1) is 17.5 Å². The minimum Gasteiger partial charge on any atom is -0.393 e. The number of aliphatic hydroxyl groups is 1. The van der Waals surface area contributed by atoms with Crippen molar-refractivity contribution in [3.05, 3.63) is 30.3 Å². The molecule has 1 saturated carbocycles. The summed E-state index contributed by atoms with van der Waals surface area (Å²) in [4.78, 5) is 11.6. The van der Waals surface area contributed by atoms with E-state index < -0.39 is 15.9 Å². The molecule has 1 aromatic carbocycles. The molecule has 19 heavy (non-hydrogen) atoms. The Balaban J connectivity index is 1.83. The Morgan fingerprint density at radius 2 is 1.89 bits per heavy atom. The van der Waals surface area contributed by atoms with Gasteiger partial charge in [-0.05, 0) is 25.0 Å². The van der Waals surface area contributed by atoms with Gasteiger partial charge in [-0.1, -0.05) is 18.2 Å². The van der Waals surface area contributed by atoms with E-state index in [1.165, 1.54) is 12.1 Å². The van der Waals surface area contributed by atoms with Crippen LogP contribution in [0.5, 0.6) is 0 Å². The van der Waals surface area contributed by atoms with Crippen LogP contribution >= 0.6 is 0 Å². The molecule has 3 N–H and O–H groups in total. The van der Waals surface area contributed by atoms with Crippen LogP contribution in [0.15, 0.2) is 35.2 Å². The number of carbonyl (C=O) groups excluding carboxylic acids is 1. The summed E-state index contributed by atoms with van der Waals surface area (Å²) in [6, 6.07) is 7.82. The molecule has 6 nitrogen and oxygen atoms in total. The van der Waals surface area contributed by atoms with Gasteiger partial charge >= 0.3 is 0 Å². The topological polar surface area (TPSA) is 95.5 Å². The number of amides is 1. The molecule has 0 spiro atoms. The summed E-state index contributed by atoms with van der Waals surface area (Å²) in [6.07, 6.45) is 0.695. The van der Waals surface area contributed by atoms with Crippen LogP contribution in [0.4, 0.5) is 0 Å². The number of benzene rings is 1. The molecule has 0 unspecified atom stereocenters. The van der Waals surface area contributed by atoms with Gasteiger partial charge in [0.1, 0.15) is 0 Å². The van der Waals surface area contributed by atoms with Crippen LogP contribution in [0.1, 0.15) is 12.8 Å². The van der Waals surface area contributed by atoms with E-state index in [0.717, 1.165) is 0 Å². The monoisotopic (exact) mass is 284 g/mol. The third-order valence-corrected chi connectivity index (χ3v) is 4.37. The average Bonchev–Trinajstić information content (AvgIpc) is 2.36. The standard InChI is InChI=1S/C12H16N2O4S/c15-10-6-9(7-10)14-12(16)8-13-19(17,18)11-4-2-1-3-5-11/h1-5,9-10,13,15H,6-8H2,(H,14,16). The van der Waals surface area contributed by atoms with Gasteiger partial charge in [0.2, 0.25) is 15.9 Å². The molecule has 1 aliphatic carbocycles. The molecule has 0 atom stereocenters. The summed E-state index contributed by atoms with van der Waals surface area (Å²) in [5.41, 5.74) is 0. The Morgan fingerprint density at radius 1 is 1.26 bits per heavy atom. The molecule has 2 rings (SSSR count). The van der Waals surface area contributed by atoms with Gasteiger partial charge < -0.3 is 10.4 Å². The van der Waals surface area contributed by atoms with Crippen molar-refractivity contribution in [1.29, 1.82) is 0 Å². The number of aliphatic hydroxyl groups excluding tert-OH is 1. The zero-order chi connectivity index (χ0) is 13.9. The van der Waals surface area contributed by atoms with E-state index in [0.29, 0.717) is 12.8 Å². The number of nitrogens with one attached hydrogen (secondary N) is 2. The van der Waals surface area contributed by atoms with E-state index in [9.17, 15) is 13.2 Å². The Bertz CT molecular complexity index is 538. The van der Waals surface area contributed by atoms with E-state index in [-0.39, 0.29) is 23.6 Å². The molecule has 1 aliphatic rings. The molecule has 0 saturated heterocycles. The maximum atomic E-state index is 11.8. The number of hydrogen-bond donors (Lipinski definition) is 3. The summed E-state index contributed by atoms with van der Waals surface area (Å²) in [7, 11) is -3.65. The second kappa shape index (κ2) is 5.68. The summed E-state index contributed by atoms with van der Waals surface area (Å²) in [5.74, 6) is -0.392. The predicted molar refractivity (Wildman–Crippen MR) is 68.8 cm³/mol. The maximum Gasteiger partial charge on any atom is 0.241 e. The highest BCUT2D eigenvalue weighted by atomic mass is 32.2. The van der Waals surface area contributed by atoms with Crippen LogP contribution in [0.3, 0.4) is 0 Å². The molecule has 104 valence electrons. The smallest absolute Gasteiger partial charge is 0.241 e. The first kappa shape index (κ1) is 14.0. The van der Waals surface area contributed by atoms with Crippen molar-refractivity contribution < 1.29 is 18.3 Å². The second-order valence-electron chi connectivity index (χ2n) is 4.53. The fraction of sp³-hybridized carbons (Fsp3) is 0.417. The highest BCUT2D eigenvalue weighted by Gasteiger charge is 2.28. The van der Waals surface area contributed by atoms with E-state index >= 15 is 0 Å². The lowest BCUT2D eigenvalue weighted by molar-refractivity contribution is -0.122. The van der Waals surface area contributed by atoms with E-state index in [4.69, 9.17) is 5.11 Å². The van der Waals surface area contributed by atoms with Gasteiger partial charge in [-0.25, -0.2) is 13.1 Å². The van der Waals surface area contributed by atoms with Crippen molar-refractivity contribution in [2.24, 2.45) is 0 Å². The minimum absolute atomic E-state index is 0.0521. The zero-order valence-electron chi connectivity index (χ0n) is 10.2. The molecule has 0 aliphatic heterocycles. The lowest BCUT2D eigenvalue weighted by atomic mass is 9.89. The molecule has 0 radical (unpaired) electrons. The van der Waals surface area contributed by atoms with Gasteiger partial charge in [-0.15, -0.1) is 0 Å². The highest BCUT2D eigenvalue weighted by Crippen LogP contribution is 2.18. The van der Waals surface area contributed by atoms with Crippen LogP contribution in [0.25, 0.3) is 0 Å². The van der Waals surface area contributed by atoms with Crippen molar-refractivity contribution in [3.63, 3.8) is 0 Å². The molecule has 7 heteroatoms. The molecule has 1 fully saturated rings. The van der Waals surface area contributed by atoms with Gasteiger partial charge in [-0.3, -0.25) is 4.79 Å². The van der Waals surface area contributed by atoms with Crippen molar-refractivity contribution in [1.82, 2.24) is 10.0 Å². The number of rotatable bonds is 5. The van der Waals surface area contributed by atoms with Crippen LogP contribution in [-0.2, 0) is 14.8 Å². The number of hydrogen-bond acceptors (Lipinski definition) is 4. The van der Waals surface area contributed by atoms with Gasteiger partial charge in [-0.2, -0.15) is 0 Å². The lowest BCUT2D eigenvalue weighted by Crippen LogP contribution is -2.49. The third-order valence-electron chi connectivity index (χ3n) is 2.95. The molecule has 0 bridgehead atoms. The SMILES string of the molecule is O=C(CNS(=O)(=O)c1ccccc1)NC1CC(O)C1. The van der Waals surface area contributed by atoms with Crippen molar-refractivity contribution in [3.8, 4) is 0 Å². The van der Waals surface area contributed by atoms with E-state index in [2.05, 4.69) is 10.0 Å². The van der Waals surface area contributed by atoms with Crippen molar-refractivity contribution in [2.75, 3.05) is 6.54 Å². The first-order valence-electron chi connectivity index (χ1n) is 5.99. The minimum atomic E-state index is -3.65. The zero-order valence-corrected chi connectivity index (χ0v) is 11.1. The van der Waals surface area contributed by atoms with Gasteiger partial charge in [0.15, 0.2) is 0 Å². The molecular weight excluding hydrogens is 268 g/mol. The molecule has 0 aromatic heterocycles. The fourth-order valence-electron chi connectivity index (χ4n) is 1.83. The summed E-state index contributed by atoms with van der Waals surface area (Å²) < 4.78 is 25.9. The fourth-order valence-corrected chi connectivity index (χ4v) is 2.83. The maximum absolute atomic E-state index is 11.8. The predicted octanol–water partition coefficient (Wildman–Crippen LogP) is -0.396. The molecule has 1 aromatic rings. The third kappa shape index (κ3) is 3.76. The van der Waals surface area contributed by atoms with Crippen LogP contribution < -0.4 is 10.0 Å².